The molecule has 0 aromatic carbocycles. The number of nitrogens with one attached hydrogen (secondary N) is 1. The number of anilines is 1. The Balaban J connectivity index is 1.91. The molecule has 1 fully saturated rings. The molecule has 1 amide bonds. The number of rotatable bonds is 4. The number of hydrogen-bond acceptors (Lipinski definition) is 5. The summed E-state index contributed by atoms with van der Waals surface area (Å²) in [5, 5.41) is 12.0. The number of carbonyl (C=O) groups is 2. The van der Waals surface area contributed by atoms with Gasteiger partial charge >= 0.3 is 6.09 Å². The predicted molar refractivity (Wildman–Crippen MR) is 68.3 cm³/mol. The van der Waals surface area contributed by atoms with Crippen molar-refractivity contribution in [1.82, 2.24) is 14.9 Å². The lowest BCUT2D eigenvalue weighted by Crippen LogP contribution is -2.38. The summed E-state index contributed by atoms with van der Waals surface area (Å²) in [6.07, 6.45) is 3.74. The Kier molecular flexibility index (Phi) is 3.94. The Morgan fingerprint density at radius 3 is 2.74 bits per heavy atom. The Morgan fingerprint density at radius 2 is 2.16 bits per heavy atom. The van der Waals surface area contributed by atoms with Crippen LogP contribution in [0, 0.1) is 0 Å². The molecule has 0 saturated carbocycles. The van der Waals surface area contributed by atoms with E-state index in [-0.39, 0.29) is 11.8 Å². The second-order valence-electron chi connectivity index (χ2n) is 4.50. The summed E-state index contributed by atoms with van der Waals surface area (Å²) in [4.78, 5) is 31.5. The number of amides is 1. The fourth-order valence-corrected chi connectivity index (χ4v) is 2.11. The highest BCUT2D eigenvalue weighted by Gasteiger charge is 2.28. The molecular weight excluding hydrogens is 248 g/mol. The summed E-state index contributed by atoms with van der Waals surface area (Å²) >= 11 is 0. The largest absolute Gasteiger partial charge is 0.465 e. The van der Waals surface area contributed by atoms with Crippen molar-refractivity contribution in [3.8, 4) is 0 Å². The molecular formula is C12H16N4O3. The first-order valence-corrected chi connectivity index (χ1v) is 6.14. The quantitative estimate of drug-likeness (QED) is 0.794. The number of hydrogen-bond donors (Lipinski definition) is 2. The van der Waals surface area contributed by atoms with Gasteiger partial charge in [-0.25, -0.2) is 14.8 Å². The van der Waals surface area contributed by atoms with Crippen molar-refractivity contribution in [2.45, 2.75) is 25.8 Å². The van der Waals surface area contributed by atoms with Crippen molar-refractivity contribution in [3.05, 3.63) is 18.0 Å². The minimum absolute atomic E-state index is 0.0476. The standard InChI is InChI=1S/C12H16N4O3/c1-8(17)9-5-13-11(14-6-9)15-7-10-3-2-4-16(10)12(18)19/h5-6,10H,2-4,7H2,1H3,(H,18,19)(H,13,14,15)/t10-/m0/s1. The molecule has 0 bridgehead atoms. The van der Waals surface area contributed by atoms with Crippen molar-refractivity contribution in [2.24, 2.45) is 0 Å². The van der Waals surface area contributed by atoms with Crippen LogP contribution in [0.4, 0.5) is 10.7 Å². The third-order valence-corrected chi connectivity index (χ3v) is 3.18. The maximum atomic E-state index is 11.1. The van der Waals surface area contributed by atoms with Gasteiger partial charge in [-0.05, 0) is 19.8 Å². The monoisotopic (exact) mass is 264 g/mol. The van der Waals surface area contributed by atoms with Gasteiger partial charge in [0.15, 0.2) is 5.78 Å². The Morgan fingerprint density at radius 1 is 1.47 bits per heavy atom. The normalized spacial score (nSPS) is 18.4. The van der Waals surface area contributed by atoms with E-state index in [1.54, 1.807) is 0 Å². The van der Waals surface area contributed by atoms with Crippen LogP contribution in [0.15, 0.2) is 12.4 Å². The maximum absolute atomic E-state index is 11.1. The zero-order chi connectivity index (χ0) is 13.8. The van der Waals surface area contributed by atoms with Gasteiger partial charge in [-0.2, -0.15) is 0 Å². The maximum Gasteiger partial charge on any atom is 0.407 e. The number of carbonyl (C=O) groups excluding carboxylic acids is 1. The van der Waals surface area contributed by atoms with Gasteiger partial charge in [-0.3, -0.25) is 4.79 Å². The van der Waals surface area contributed by atoms with E-state index in [1.807, 2.05) is 0 Å². The summed E-state index contributed by atoms with van der Waals surface area (Å²) in [7, 11) is 0. The number of nitrogens with zero attached hydrogens (tertiary/aromatic N) is 3. The van der Waals surface area contributed by atoms with E-state index in [1.165, 1.54) is 24.2 Å². The fourth-order valence-electron chi connectivity index (χ4n) is 2.11. The minimum atomic E-state index is -0.892. The molecule has 0 unspecified atom stereocenters. The second kappa shape index (κ2) is 5.64. The number of likely N-dealkylation sites (tertiary alicyclic amines) is 1. The molecule has 1 saturated heterocycles. The summed E-state index contributed by atoms with van der Waals surface area (Å²) in [6.45, 7) is 2.51. The van der Waals surface area contributed by atoms with Crippen molar-refractivity contribution < 1.29 is 14.7 Å². The van der Waals surface area contributed by atoms with E-state index >= 15 is 0 Å². The predicted octanol–water partition coefficient (Wildman–Crippen LogP) is 1.23. The van der Waals surface area contributed by atoms with Crippen LogP contribution in [0.5, 0.6) is 0 Å². The van der Waals surface area contributed by atoms with Crippen molar-refractivity contribution in [1.29, 1.82) is 0 Å². The summed E-state index contributed by atoms with van der Waals surface area (Å²) in [5.74, 6) is 0.321. The highest BCUT2D eigenvalue weighted by molar-refractivity contribution is 5.93. The van der Waals surface area contributed by atoms with Gasteiger partial charge in [0, 0.05) is 25.5 Å². The number of Topliss-reactive ketones (excluding diaryl/α,β-unsaturated/α-hetero) is 1. The molecule has 0 radical (unpaired) electrons. The summed E-state index contributed by atoms with van der Waals surface area (Å²) in [6, 6.07) is -0.0476. The number of ketones is 1. The van der Waals surface area contributed by atoms with E-state index in [2.05, 4.69) is 15.3 Å². The van der Waals surface area contributed by atoms with E-state index in [0.717, 1.165) is 12.8 Å². The van der Waals surface area contributed by atoms with Gasteiger partial charge in [0.1, 0.15) is 0 Å². The zero-order valence-corrected chi connectivity index (χ0v) is 10.7. The Hall–Kier alpha value is -2.18. The molecule has 102 valence electrons. The molecule has 7 nitrogen and oxygen atoms in total. The van der Waals surface area contributed by atoms with Gasteiger partial charge in [0.05, 0.1) is 11.6 Å². The lowest BCUT2D eigenvalue weighted by Gasteiger charge is -2.21. The first kappa shape index (κ1) is 13.3. The first-order chi connectivity index (χ1) is 9.08. The van der Waals surface area contributed by atoms with Crippen LogP contribution in [0.1, 0.15) is 30.1 Å². The molecule has 0 spiro atoms. The van der Waals surface area contributed by atoms with Crippen LogP contribution in [0.2, 0.25) is 0 Å². The van der Waals surface area contributed by atoms with Crippen molar-refractivity contribution >= 4 is 17.8 Å². The molecule has 1 aromatic heterocycles. The summed E-state index contributed by atoms with van der Waals surface area (Å²) in [5.41, 5.74) is 0.457. The van der Waals surface area contributed by atoms with Crippen LogP contribution >= 0.6 is 0 Å². The first-order valence-electron chi connectivity index (χ1n) is 6.14. The van der Waals surface area contributed by atoms with Gasteiger partial charge in [-0.15, -0.1) is 0 Å². The summed E-state index contributed by atoms with van der Waals surface area (Å²) < 4.78 is 0. The van der Waals surface area contributed by atoms with E-state index < -0.39 is 6.09 Å². The second-order valence-corrected chi connectivity index (χ2v) is 4.50. The average molecular weight is 264 g/mol. The smallest absolute Gasteiger partial charge is 0.407 e. The molecule has 1 aliphatic heterocycles. The molecule has 2 rings (SSSR count). The van der Waals surface area contributed by atoms with Crippen LogP contribution in [0.3, 0.4) is 0 Å². The van der Waals surface area contributed by atoms with Crippen LogP contribution in [0.25, 0.3) is 0 Å². The fraction of sp³-hybridized carbons (Fsp3) is 0.500. The third-order valence-electron chi connectivity index (χ3n) is 3.18. The highest BCUT2D eigenvalue weighted by Crippen LogP contribution is 2.17. The highest BCUT2D eigenvalue weighted by atomic mass is 16.4. The minimum Gasteiger partial charge on any atom is -0.465 e. The Bertz CT molecular complexity index is 474. The van der Waals surface area contributed by atoms with Crippen molar-refractivity contribution in [2.75, 3.05) is 18.4 Å². The number of aromatic nitrogens is 2. The van der Waals surface area contributed by atoms with Crippen LogP contribution < -0.4 is 5.32 Å². The van der Waals surface area contributed by atoms with E-state index in [9.17, 15) is 9.59 Å². The van der Waals surface area contributed by atoms with E-state index in [4.69, 9.17) is 5.11 Å². The molecule has 1 aliphatic rings. The number of carboxylic acid groups (broad SMARTS) is 1. The molecule has 0 aliphatic carbocycles. The average Bonchev–Trinajstić information content (AvgIpc) is 2.85. The van der Waals surface area contributed by atoms with Gasteiger partial charge in [0.25, 0.3) is 0 Å². The lowest BCUT2D eigenvalue weighted by molar-refractivity contribution is 0.101. The lowest BCUT2D eigenvalue weighted by atomic mass is 10.2. The molecule has 1 aromatic rings. The molecule has 2 heterocycles. The van der Waals surface area contributed by atoms with Crippen molar-refractivity contribution in [3.63, 3.8) is 0 Å². The van der Waals surface area contributed by atoms with Gasteiger partial charge in [0.2, 0.25) is 5.95 Å². The molecule has 7 heteroatoms. The topological polar surface area (TPSA) is 95.4 Å². The molecule has 19 heavy (non-hydrogen) atoms. The van der Waals surface area contributed by atoms with Gasteiger partial charge < -0.3 is 15.3 Å². The van der Waals surface area contributed by atoms with Gasteiger partial charge in [-0.1, -0.05) is 0 Å². The third kappa shape index (κ3) is 3.18. The molecule has 2 N–H and O–H groups in total. The Labute approximate surface area is 110 Å². The van der Waals surface area contributed by atoms with Crippen LogP contribution in [-0.4, -0.2) is 51.0 Å². The molecule has 1 atom stereocenters. The SMILES string of the molecule is CC(=O)c1cnc(NC[C@@H]2CCCN2C(=O)O)nc1. The zero-order valence-electron chi connectivity index (χ0n) is 10.7. The van der Waals surface area contributed by atoms with Crippen LogP contribution in [-0.2, 0) is 0 Å². The van der Waals surface area contributed by atoms with E-state index in [0.29, 0.717) is 24.6 Å².